The van der Waals surface area contributed by atoms with Crippen LogP contribution in [0.4, 0.5) is 0 Å². The van der Waals surface area contributed by atoms with Crippen LogP contribution in [0.15, 0.2) is 24.3 Å². The fourth-order valence-electron chi connectivity index (χ4n) is 1.23. The van der Waals surface area contributed by atoms with Gasteiger partial charge in [-0.15, -0.1) is 0 Å². The van der Waals surface area contributed by atoms with Crippen molar-refractivity contribution in [1.29, 1.82) is 0 Å². The van der Waals surface area contributed by atoms with Crippen LogP contribution in [-0.4, -0.2) is 13.4 Å². The standard InChI is InChI=1S/C12H14O2/c1-10-6-7-12(14-2)11(9-10)5-3-4-8-13/h3,5-9H,4H2,1-2H3. The zero-order valence-electron chi connectivity index (χ0n) is 8.49. The summed E-state index contributed by atoms with van der Waals surface area (Å²) in [6, 6.07) is 5.95. The van der Waals surface area contributed by atoms with Crippen LogP contribution in [0.5, 0.6) is 5.75 Å². The Hall–Kier alpha value is -1.57. The second-order valence-corrected chi connectivity index (χ2v) is 3.05. The predicted molar refractivity (Wildman–Crippen MR) is 57.4 cm³/mol. The Labute approximate surface area is 84.2 Å². The molecular formula is C12H14O2. The van der Waals surface area contributed by atoms with Crippen LogP contribution in [0.25, 0.3) is 6.08 Å². The Morgan fingerprint density at radius 3 is 2.86 bits per heavy atom. The highest BCUT2D eigenvalue weighted by atomic mass is 16.5. The van der Waals surface area contributed by atoms with E-state index in [9.17, 15) is 4.79 Å². The number of rotatable bonds is 4. The van der Waals surface area contributed by atoms with Gasteiger partial charge >= 0.3 is 0 Å². The van der Waals surface area contributed by atoms with Crippen molar-refractivity contribution in [3.8, 4) is 5.75 Å². The first-order valence-corrected chi connectivity index (χ1v) is 4.52. The number of aldehydes is 1. The highest BCUT2D eigenvalue weighted by molar-refractivity contribution is 5.62. The summed E-state index contributed by atoms with van der Waals surface area (Å²) in [5.74, 6) is 0.831. The summed E-state index contributed by atoms with van der Waals surface area (Å²) < 4.78 is 5.19. The number of carbonyl (C=O) groups excluding carboxylic acids is 1. The van der Waals surface area contributed by atoms with Crippen molar-refractivity contribution in [3.63, 3.8) is 0 Å². The highest BCUT2D eigenvalue weighted by Gasteiger charge is 1.98. The van der Waals surface area contributed by atoms with Gasteiger partial charge in [-0.3, -0.25) is 0 Å². The van der Waals surface area contributed by atoms with Gasteiger partial charge in [-0.25, -0.2) is 0 Å². The molecule has 0 N–H and O–H groups in total. The van der Waals surface area contributed by atoms with Gasteiger partial charge in [-0.05, 0) is 19.1 Å². The lowest BCUT2D eigenvalue weighted by atomic mass is 10.1. The second-order valence-electron chi connectivity index (χ2n) is 3.05. The Morgan fingerprint density at radius 2 is 2.21 bits per heavy atom. The highest BCUT2D eigenvalue weighted by Crippen LogP contribution is 2.20. The number of benzene rings is 1. The molecule has 0 amide bonds. The van der Waals surface area contributed by atoms with E-state index in [0.29, 0.717) is 6.42 Å². The van der Waals surface area contributed by atoms with Crippen molar-refractivity contribution in [2.75, 3.05) is 7.11 Å². The minimum atomic E-state index is 0.442. The van der Waals surface area contributed by atoms with Crippen LogP contribution in [0, 0.1) is 6.92 Å². The van der Waals surface area contributed by atoms with Gasteiger partial charge in [0, 0.05) is 12.0 Å². The summed E-state index contributed by atoms with van der Waals surface area (Å²) in [5.41, 5.74) is 2.19. The first-order valence-electron chi connectivity index (χ1n) is 4.52. The Kier molecular flexibility index (Phi) is 3.92. The molecular weight excluding hydrogens is 176 g/mol. The molecule has 1 rings (SSSR count). The van der Waals surface area contributed by atoms with E-state index in [0.717, 1.165) is 17.6 Å². The topological polar surface area (TPSA) is 26.3 Å². The smallest absolute Gasteiger partial charge is 0.126 e. The van der Waals surface area contributed by atoms with Gasteiger partial charge in [0.1, 0.15) is 12.0 Å². The lowest BCUT2D eigenvalue weighted by molar-refractivity contribution is -0.107. The number of hydrogen-bond donors (Lipinski definition) is 0. The number of hydrogen-bond acceptors (Lipinski definition) is 2. The summed E-state index contributed by atoms with van der Waals surface area (Å²) in [4.78, 5) is 10.1. The van der Waals surface area contributed by atoms with Gasteiger partial charge in [0.25, 0.3) is 0 Å². The van der Waals surface area contributed by atoms with Crippen molar-refractivity contribution < 1.29 is 9.53 Å². The summed E-state index contributed by atoms with van der Waals surface area (Å²) in [5, 5.41) is 0. The molecule has 0 fully saturated rings. The monoisotopic (exact) mass is 190 g/mol. The first kappa shape index (κ1) is 10.5. The van der Waals surface area contributed by atoms with Gasteiger partial charge < -0.3 is 9.53 Å². The minimum absolute atomic E-state index is 0.442. The molecule has 14 heavy (non-hydrogen) atoms. The number of carbonyl (C=O) groups is 1. The van der Waals surface area contributed by atoms with Crippen LogP contribution in [-0.2, 0) is 4.79 Å². The third-order valence-electron chi connectivity index (χ3n) is 1.91. The van der Waals surface area contributed by atoms with Crippen molar-refractivity contribution in [2.24, 2.45) is 0 Å². The lowest BCUT2D eigenvalue weighted by Gasteiger charge is -2.05. The number of methoxy groups -OCH3 is 1. The summed E-state index contributed by atoms with van der Waals surface area (Å²) >= 11 is 0. The molecule has 0 unspecified atom stereocenters. The molecule has 0 aliphatic heterocycles. The molecule has 2 heteroatoms. The quantitative estimate of drug-likeness (QED) is 0.682. The predicted octanol–water partition coefficient (Wildman–Crippen LogP) is 2.61. The maximum absolute atomic E-state index is 10.1. The Balaban J connectivity index is 2.92. The van der Waals surface area contributed by atoms with Crippen LogP contribution in [0.3, 0.4) is 0 Å². The molecule has 0 aliphatic carbocycles. The van der Waals surface area contributed by atoms with E-state index >= 15 is 0 Å². The molecule has 0 saturated heterocycles. The van der Waals surface area contributed by atoms with E-state index in [-0.39, 0.29) is 0 Å². The molecule has 74 valence electrons. The number of allylic oxidation sites excluding steroid dienone is 1. The van der Waals surface area contributed by atoms with E-state index in [1.165, 1.54) is 5.56 Å². The average molecular weight is 190 g/mol. The Morgan fingerprint density at radius 1 is 1.43 bits per heavy atom. The van der Waals surface area contributed by atoms with Gasteiger partial charge in [0.2, 0.25) is 0 Å². The molecule has 0 aromatic heterocycles. The van der Waals surface area contributed by atoms with Crippen LogP contribution >= 0.6 is 0 Å². The van der Waals surface area contributed by atoms with Gasteiger partial charge in [-0.1, -0.05) is 23.8 Å². The molecule has 0 spiro atoms. The van der Waals surface area contributed by atoms with E-state index in [2.05, 4.69) is 0 Å². The molecule has 2 nitrogen and oxygen atoms in total. The molecule has 0 bridgehead atoms. The zero-order chi connectivity index (χ0) is 10.4. The molecule has 1 aromatic carbocycles. The fourth-order valence-corrected chi connectivity index (χ4v) is 1.23. The summed E-state index contributed by atoms with van der Waals surface area (Å²) in [6.07, 6.45) is 5.04. The minimum Gasteiger partial charge on any atom is -0.496 e. The zero-order valence-corrected chi connectivity index (χ0v) is 8.49. The first-order chi connectivity index (χ1) is 6.77. The maximum Gasteiger partial charge on any atom is 0.126 e. The van der Waals surface area contributed by atoms with Gasteiger partial charge in [0.15, 0.2) is 0 Å². The van der Waals surface area contributed by atoms with Crippen molar-refractivity contribution in [1.82, 2.24) is 0 Å². The average Bonchev–Trinajstić information content (AvgIpc) is 2.19. The number of aryl methyl sites for hydroxylation is 1. The normalized spacial score (nSPS) is 10.4. The fraction of sp³-hybridized carbons (Fsp3) is 0.250. The third-order valence-corrected chi connectivity index (χ3v) is 1.91. The molecule has 1 aromatic rings. The van der Waals surface area contributed by atoms with Crippen molar-refractivity contribution >= 4 is 12.4 Å². The van der Waals surface area contributed by atoms with E-state index < -0.39 is 0 Å². The van der Waals surface area contributed by atoms with E-state index in [1.54, 1.807) is 7.11 Å². The summed E-state index contributed by atoms with van der Waals surface area (Å²) in [7, 11) is 1.64. The molecule has 0 heterocycles. The Bertz CT molecular complexity index is 340. The van der Waals surface area contributed by atoms with Crippen LogP contribution < -0.4 is 4.74 Å². The van der Waals surface area contributed by atoms with E-state index in [1.807, 2.05) is 37.3 Å². The molecule has 0 saturated carbocycles. The van der Waals surface area contributed by atoms with Gasteiger partial charge in [0.05, 0.1) is 7.11 Å². The second kappa shape index (κ2) is 5.22. The van der Waals surface area contributed by atoms with Crippen LogP contribution in [0.1, 0.15) is 17.5 Å². The summed E-state index contributed by atoms with van der Waals surface area (Å²) in [6.45, 7) is 2.02. The number of ether oxygens (including phenoxy) is 1. The molecule has 0 aliphatic rings. The van der Waals surface area contributed by atoms with E-state index in [4.69, 9.17) is 4.74 Å². The van der Waals surface area contributed by atoms with Gasteiger partial charge in [-0.2, -0.15) is 0 Å². The molecule has 0 atom stereocenters. The van der Waals surface area contributed by atoms with Crippen LogP contribution in [0.2, 0.25) is 0 Å². The maximum atomic E-state index is 10.1. The van der Waals surface area contributed by atoms with Crippen molar-refractivity contribution in [2.45, 2.75) is 13.3 Å². The molecule has 0 radical (unpaired) electrons. The third kappa shape index (κ3) is 2.73. The van der Waals surface area contributed by atoms with Crippen molar-refractivity contribution in [3.05, 3.63) is 35.4 Å². The SMILES string of the molecule is COc1ccc(C)cc1C=CCC=O. The largest absolute Gasteiger partial charge is 0.496 e. The lowest BCUT2D eigenvalue weighted by Crippen LogP contribution is -1.87.